The molecule has 0 heterocycles. The molecule has 110 valence electrons. The quantitative estimate of drug-likeness (QED) is 0.779. The second kappa shape index (κ2) is 7.44. The van der Waals surface area contributed by atoms with Crippen LogP contribution in [0.4, 0.5) is 0 Å². The Morgan fingerprint density at radius 2 is 2.05 bits per heavy atom. The van der Waals surface area contributed by atoms with E-state index in [9.17, 15) is 8.42 Å². The molecule has 0 spiro atoms. The summed E-state index contributed by atoms with van der Waals surface area (Å²) >= 11 is 0. The fourth-order valence-corrected chi connectivity index (χ4v) is 3.63. The normalized spacial score (nSPS) is 11.6. The highest BCUT2D eigenvalue weighted by Gasteiger charge is 2.24. The van der Waals surface area contributed by atoms with E-state index in [0.717, 1.165) is 17.7 Å². The Balaban J connectivity index is 3.22. The highest BCUT2D eigenvalue weighted by Crippen LogP contribution is 2.22. The second-order valence-electron chi connectivity index (χ2n) is 4.46. The van der Waals surface area contributed by atoms with Crippen LogP contribution in [0.1, 0.15) is 25.0 Å². The van der Waals surface area contributed by atoms with Crippen molar-refractivity contribution in [3.05, 3.63) is 29.3 Å². The lowest BCUT2D eigenvalue weighted by atomic mass is 10.1. The summed E-state index contributed by atoms with van der Waals surface area (Å²) in [6.45, 7) is 7.60. The zero-order chi connectivity index (χ0) is 15.2. The van der Waals surface area contributed by atoms with E-state index in [1.165, 1.54) is 4.31 Å². The molecule has 0 aliphatic heterocycles. The monoisotopic (exact) mass is 294 g/mol. The molecular formula is C15H22N2O2S. The first-order chi connectivity index (χ1) is 9.48. The minimum absolute atomic E-state index is 0.0930. The summed E-state index contributed by atoms with van der Waals surface area (Å²) in [5, 5.41) is 3.21. The van der Waals surface area contributed by atoms with Gasteiger partial charge in [-0.1, -0.05) is 31.9 Å². The molecule has 4 nitrogen and oxygen atoms in total. The summed E-state index contributed by atoms with van der Waals surface area (Å²) in [5.41, 5.74) is 1.77. The molecule has 0 atom stereocenters. The van der Waals surface area contributed by atoms with Crippen LogP contribution in [-0.4, -0.2) is 32.4 Å². The van der Waals surface area contributed by atoms with Crippen molar-refractivity contribution in [3.8, 4) is 12.3 Å². The van der Waals surface area contributed by atoms with E-state index in [0.29, 0.717) is 18.0 Å². The number of benzene rings is 1. The minimum atomic E-state index is -3.53. The predicted octanol–water partition coefficient (Wildman–Crippen LogP) is 1.75. The highest BCUT2D eigenvalue weighted by molar-refractivity contribution is 7.89. The summed E-state index contributed by atoms with van der Waals surface area (Å²) < 4.78 is 26.5. The largest absolute Gasteiger partial charge is 0.313 e. The number of sulfonamides is 1. The number of nitrogens with one attached hydrogen (secondary N) is 1. The van der Waals surface area contributed by atoms with Crippen molar-refractivity contribution in [2.75, 3.05) is 19.6 Å². The summed E-state index contributed by atoms with van der Waals surface area (Å²) in [4.78, 5) is 0.338. The van der Waals surface area contributed by atoms with Crippen molar-refractivity contribution >= 4 is 10.0 Å². The van der Waals surface area contributed by atoms with Gasteiger partial charge in [0.05, 0.1) is 11.4 Å². The molecule has 1 aromatic carbocycles. The van der Waals surface area contributed by atoms with Gasteiger partial charge in [0.15, 0.2) is 0 Å². The highest BCUT2D eigenvalue weighted by atomic mass is 32.2. The third-order valence-electron chi connectivity index (χ3n) is 3.20. The van der Waals surface area contributed by atoms with Crippen LogP contribution in [0.5, 0.6) is 0 Å². The van der Waals surface area contributed by atoms with Gasteiger partial charge in [0.25, 0.3) is 0 Å². The molecule has 0 radical (unpaired) electrons. The van der Waals surface area contributed by atoms with Gasteiger partial charge in [0.2, 0.25) is 10.0 Å². The Labute approximate surface area is 122 Å². The topological polar surface area (TPSA) is 49.4 Å². The lowest BCUT2D eigenvalue weighted by Gasteiger charge is -2.20. The van der Waals surface area contributed by atoms with Gasteiger partial charge >= 0.3 is 0 Å². The number of nitrogens with zero attached hydrogens (tertiary/aromatic N) is 1. The standard InChI is InChI=1S/C15H22N2O2S/c1-5-11-17(7-3)20(18,19)15-10-8-9-14(13(15)4)12-16-6-2/h1,8-10,16H,6-7,11-12H2,2-4H3. The summed E-state index contributed by atoms with van der Waals surface area (Å²) in [7, 11) is -3.53. The first-order valence-electron chi connectivity index (χ1n) is 6.71. The molecule has 0 saturated carbocycles. The van der Waals surface area contributed by atoms with Crippen LogP contribution in [0.15, 0.2) is 23.1 Å². The van der Waals surface area contributed by atoms with E-state index in [4.69, 9.17) is 6.42 Å². The van der Waals surface area contributed by atoms with Crippen molar-refractivity contribution in [2.24, 2.45) is 0 Å². The molecule has 0 amide bonds. The fourth-order valence-electron chi connectivity index (χ4n) is 2.00. The molecule has 1 N–H and O–H groups in total. The van der Waals surface area contributed by atoms with Gasteiger partial charge in [-0.2, -0.15) is 4.31 Å². The molecule has 0 aromatic heterocycles. The van der Waals surface area contributed by atoms with Crippen LogP contribution in [0, 0.1) is 19.3 Å². The van der Waals surface area contributed by atoms with Crippen molar-refractivity contribution in [2.45, 2.75) is 32.2 Å². The lowest BCUT2D eigenvalue weighted by molar-refractivity contribution is 0.463. The molecule has 1 rings (SSSR count). The SMILES string of the molecule is C#CCN(CC)S(=O)(=O)c1cccc(CNCC)c1C. The maximum Gasteiger partial charge on any atom is 0.244 e. The molecule has 5 heteroatoms. The van der Waals surface area contributed by atoms with Crippen LogP contribution in [-0.2, 0) is 16.6 Å². The van der Waals surface area contributed by atoms with Gasteiger partial charge in [-0.15, -0.1) is 6.42 Å². The number of hydrogen-bond donors (Lipinski definition) is 1. The Bertz CT molecular complexity index is 588. The van der Waals surface area contributed by atoms with Gasteiger partial charge in [-0.25, -0.2) is 8.42 Å². The number of hydrogen-bond acceptors (Lipinski definition) is 3. The van der Waals surface area contributed by atoms with Crippen molar-refractivity contribution in [1.82, 2.24) is 9.62 Å². The van der Waals surface area contributed by atoms with E-state index in [1.54, 1.807) is 19.1 Å². The van der Waals surface area contributed by atoms with Gasteiger partial charge in [0.1, 0.15) is 0 Å². The molecule has 0 aliphatic rings. The smallest absolute Gasteiger partial charge is 0.244 e. The first kappa shape index (κ1) is 16.7. The zero-order valence-electron chi connectivity index (χ0n) is 12.3. The molecule has 0 bridgehead atoms. The predicted molar refractivity (Wildman–Crippen MR) is 81.8 cm³/mol. The minimum Gasteiger partial charge on any atom is -0.313 e. The number of rotatable bonds is 7. The zero-order valence-corrected chi connectivity index (χ0v) is 13.1. The Hall–Kier alpha value is -1.35. The molecule has 0 fully saturated rings. The molecule has 0 saturated heterocycles. The van der Waals surface area contributed by atoms with E-state index in [2.05, 4.69) is 11.2 Å². The van der Waals surface area contributed by atoms with Gasteiger partial charge in [-0.05, 0) is 30.7 Å². The van der Waals surface area contributed by atoms with Crippen LogP contribution in [0.2, 0.25) is 0 Å². The average molecular weight is 294 g/mol. The van der Waals surface area contributed by atoms with E-state index < -0.39 is 10.0 Å². The number of terminal acetylenes is 1. The fraction of sp³-hybridized carbons (Fsp3) is 0.467. The second-order valence-corrected chi connectivity index (χ2v) is 6.36. The average Bonchev–Trinajstić information content (AvgIpc) is 2.43. The Kier molecular flexibility index (Phi) is 6.21. The lowest BCUT2D eigenvalue weighted by Crippen LogP contribution is -2.32. The molecule has 1 aromatic rings. The maximum absolute atomic E-state index is 12.6. The summed E-state index contributed by atoms with van der Waals surface area (Å²) in [6, 6.07) is 5.35. The molecule has 20 heavy (non-hydrogen) atoms. The van der Waals surface area contributed by atoms with Crippen LogP contribution >= 0.6 is 0 Å². The Morgan fingerprint density at radius 1 is 1.35 bits per heavy atom. The van der Waals surface area contributed by atoms with E-state index in [1.807, 2.05) is 19.9 Å². The van der Waals surface area contributed by atoms with Gasteiger partial charge < -0.3 is 5.32 Å². The molecule has 0 unspecified atom stereocenters. The van der Waals surface area contributed by atoms with E-state index >= 15 is 0 Å². The first-order valence-corrected chi connectivity index (χ1v) is 8.15. The summed E-state index contributed by atoms with van der Waals surface area (Å²) in [5.74, 6) is 2.40. The van der Waals surface area contributed by atoms with Crippen LogP contribution in [0.3, 0.4) is 0 Å². The summed E-state index contributed by atoms with van der Waals surface area (Å²) in [6.07, 6.45) is 5.25. The van der Waals surface area contributed by atoms with Crippen molar-refractivity contribution < 1.29 is 8.42 Å². The van der Waals surface area contributed by atoms with Crippen LogP contribution in [0.25, 0.3) is 0 Å². The maximum atomic E-state index is 12.6. The van der Waals surface area contributed by atoms with Gasteiger partial charge in [0, 0.05) is 13.1 Å². The Morgan fingerprint density at radius 3 is 2.60 bits per heavy atom. The molecule has 0 aliphatic carbocycles. The van der Waals surface area contributed by atoms with Crippen molar-refractivity contribution in [3.63, 3.8) is 0 Å². The van der Waals surface area contributed by atoms with Crippen molar-refractivity contribution in [1.29, 1.82) is 0 Å². The van der Waals surface area contributed by atoms with Crippen LogP contribution < -0.4 is 5.32 Å². The molecular weight excluding hydrogens is 272 g/mol. The van der Waals surface area contributed by atoms with Gasteiger partial charge in [-0.3, -0.25) is 0 Å². The third-order valence-corrected chi connectivity index (χ3v) is 5.27. The van der Waals surface area contributed by atoms with E-state index in [-0.39, 0.29) is 6.54 Å². The third kappa shape index (κ3) is 3.60.